The van der Waals surface area contributed by atoms with Gasteiger partial charge in [0.05, 0.1) is 23.6 Å². The number of pyridine rings is 1. The fourth-order valence-electron chi connectivity index (χ4n) is 1.38. The summed E-state index contributed by atoms with van der Waals surface area (Å²) in [7, 11) is 0. The summed E-state index contributed by atoms with van der Waals surface area (Å²) in [5, 5.41) is 13.9. The van der Waals surface area contributed by atoms with E-state index in [2.05, 4.69) is 15.6 Å². The van der Waals surface area contributed by atoms with Crippen molar-refractivity contribution in [2.24, 2.45) is 0 Å². The molecular formula is C12H17N3O4. The minimum absolute atomic E-state index is 0.0143. The number of amides is 2. The molecule has 0 aliphatic carbocycles. The van der Waals surface area contributed by atoms with Gasteiger partial charge in [-0.3, -0.25) is 4.98 Å². The van der Waals surface area contributed by atoms with Crippen molar-refractivity contribution in [1.29, 1.82) is 0 Å². The van der Waals surface area contributed by atoms with Gasteiger partial charge in [-0.05, 0) is 19.9 Å². The van der Waals surface area contributed by atoms with Gasteiger partial charge in [0, 0.05) is 19.3 Å². The first-order valence-electron chi connectivity index (χ1n) is 5.87. The average molecular weight is 267 g/mol. The lowest BCUT2D eigenvalue weighted by Gasteiger charge is -2.13. The number of hydrogen-bond acceptors (Lipinski definition) is 4. The monoisotopic (exact) mass is 267 g/mol. The van der Waals surface area contributed by atoms with Crippen LogP contribution < -0.4 is 10.6 Å². The number of hydrogen-bond donors (Lipinski definition) is 3. The topological polar surface area (TPSA) is 101 Å². The molecule has 104 valence electrons. The second-order valence-corrected chi connectivity index (χ2v) is 3.87. The third-order valence-electron chi connectivity index (χ3n) is 2.24. The van der Waals surface area contributed by atoms with Crippen LogP contribution in [0.1, 0.15) is 24.2 Å². The highest BCUT2D eigenvalue weighted by Crippen LogP contribution is 2.07. The summed E-state index contributed by atoms with van der Waals surface area (Å²) in [6.45, 7) is 4.66. The maximum Gasteiger partial charge on any atom is 0.337 e. The Morgan fingerprint density at radius 3 is 2.84 bits per heavy atom. The van der Waals surface area contributed by atoms with Crippen LogP contribution in [0.25, 0.3) is 0 Å². The number of carboxylic acids is 1. The molecule has 0 aromatic carbocycles. The Morgan fingerprint density at radius 2 is 2.21 bits per heavy atom. The van der Waals surface area contributed by atoms with Crippen molar-refractivity contribution in [2.75, 3.05) is 18.5 Å². The number of ether oxygens (including phenoxy) is 1. The van der Waals surface area contributed by atoms with Crippen molar-refractivity contribution in [3.05, 3.63) is 24.0 Å². The molecule has 0 fully saturated rings. The smallest absolute Gasteiger partial charge is 0.337 e. The van der Waals surface area contributed by atoms with Crippen molar-refractivity contribution in [3.63, 3.8) is 0 Å². The summed E-state index contributed by atoms with van der Waals surface area (Å²) >= 11 is 0. The third kappa shape index (κ3) is 5.35. The predicted octanol–water partition coefficient (Wildman–Crippen LogP) is 1.33. The zero-order valence-corrected chi connectivity index (χ0v) is 10.8. The highest BCUT2D eigenvalue weighted by Gasteiger charge is 2.08. The fourth-order valence-corrected chi connectivity index (χ4v) is 1.38. The largest absolute Gasteiger partial charge is 0.478 e. The van der Waals surface area contributed by atoms with Crippen LogP contribution in [0.5, 0.6) is 0 Å². The second kappa shape index (κ2) is 7.32. The maximum absolute atomic E-state index is 11.5. The molecule has 1 atom stereocenters. The molecule has 7 nitrogen and oxygen atoms in total. The van der Waals surface area contributed by atoms with Gasteiger partial charge in [-0.1, -0.05) is 0 Å². The molecule has 3 N–H and O–H groups in total. The second-order valence-electron chi connectivity index (χ2n) is 3.87. The first kappa shape index (κ1) is 14.9. The molecule has 0 aliphatic heterocycles. The maximum atomic E-state index is 11.5. The molecular weight excluding hydrogens is 250 g/mol. The van der Waals surface area contributed by atoms with Gasteiger partial charge >= 0.3 is 12.0 Å². The van der Waals surface area contributed by atoms with E-state index < -0.39 is 12.0 Å². The van der Waals surface area contributed by atoms with Crippen LogP contribution in [-0.4, -0.2) is 41.3 Å². The molecule has 1 aromatic heterocycles. The van der Waals surface area contributed by atoms with E-state index in [9.17, 15) is 9.59 Å². The fraction of sp³-hybridized carbons (Fsp3) is 0.417. The van der Waals surface area contributed by atoms with E-state index in [-0.39, 0.29) is 11.7 Å². The third-order valence-corrected chi connectivity index (χ3v) is 2.24. The molecule has 0 saturated carbocycles. The van der Waals surface area contributed by atoms with Crippen LogP contribution in [0.2, 0.25) is 0 Å². The minimum Gasteiger partial charge on any atom is -0.478 e. The number of carbonyl (C=O) groups excluding carboxylic acids is 1. The summed E-state index contributed by atoms with van der Waals surface area (Å²) < 4.78 is 5.26. The van der Waals surface area contributed by atoms with Crippen molar-refractivity contribution in [1.82, 2.24) is 10.3 Å². The van der Waals surface area contributed by atoms with Gasteiger partial charge in [0.15, 0.2) is 0 Å². The lowest BCUT2D eigenvalue weighted by atomic mass is 10.2. The molecule has 0 saturated heterocycles. The number of aromatic carboxylic acids is 1. The van der Waals surface area contributed by atoms with Gasteiger partial charge in [0.1, 0.15) is 0 Å². The Balaban J connectivity index is 2.48. The number of carboxylic acid groups (broad SMARTS) is 1. The van der Waals surface area contributed by atoms with E-state index in [0.717, 1.165) is 0 Å². The van der Waals surface area contributed by atoms with E-state index >= 15 is 0 Å². The Labute approximate surface area is 111 Å². The van der Waals surface area contributed by atoms with E-state index in [1.165, 1.54) is 18.5 Å². The zero-order valence-electron chi connectivity index (χ0n) is 10.8. The molecule has 0 radical (unpaired) electrons. The highest BCUT2D eigenvalue weighted by atomic mass is 16.5. The first-order valence-corrected chi connectivity index (χ1v) is 5.87. The SMILES string of the molecule is CCOC(C)CNC(=O)Nc1cncc(C(=O)O)c1. The van der Waals surface area contributed by atoms with Crippen LogP contribution in [0.15, 0.2) is 18.5 Å². The summed E-state index contributed by atoms with van der Waals surface area (Å²) in [6, 6.07) is 0.900. The quantitative estimate of drug-likeness (QED) is 0.721. The molecule has 1 unspecified atom stereocenters. The van der Waals surface area contributed by atoms with E-state index in [1.807, 2.05) is 13.8 Å². The summed E-state index contributed by atoms with van der Waals surface area (Å²) in [5.41, 5.74) is 0.335. The van der Waals surface area contributed by atoms with Crippen LogP contribution in [0, 0.1) is 0 Å². The number of nitrogens with zero attached hydrogens (tertiary/aromatic N) is 1. The van der Waals surface area contributed by atoms with E-state index in [0.29, 0.717) is 18.8 Å². The Morgan fingerprint density at radius 1 is 1.47 bits per heavy atom. The molecule has 7 heteroatoms. The van der Waals surface area contributed by atoms with Crippen molar-refractivity contribution in [3.8, 4) is 0 Å². The van der Waals surface area contributed by atoms with Gasteiger partial charge in [0.2, 0.25) is 0 Å². The Bertz CT molecular complexity index is 450. The van der Waals surface area contributed by atoms with E-state index in [1.54, 1.807) is 0 Å². The number of rotatable bonds is 6. The van der Waals surface area contributed by atoms with Crippen LogP contribution >= 0.6 is 0 Å². The summed E-state index contributed by atoms with van der Waals surface area (Å²) in [5.74, 6) is -1.10. The summed E-state index contributed by atoms with van der Waals surface area (Å²) in [4.78, 5) is 26.0. The minimum atomic E-state index is -1.10. The lowest BCUT2D eigenvalue weighted by molar-refractivity contribution is 0.0696. The molecule has 1 rings (SSSR count). The molecule has 1 aromatic rings. The molecule has 0 spiro atoms. The molecule has 2 amide bonds. The van der Waals surface area contributed by atoms with Crippen molar-refractivity contribution in [2.45, 2.75) is 20.0 Å². The number of carbonyl (C=O) groups is 2. The first-order chi connectivity index (χ1) is 9.02. The van der Waals surface area contributed by atoms with Crippen molar-refractivity contribution >= 4 is 17.7 Å². The predicted molar refractivity (Wildman–Crippen MR) is 69.3 cm³/mol. The molecule has 1 heterocycles. The molecule has 19 heavy (non-hydrogen) atoms. The Hall–Kier alpha value is -2.15. The number of urea groups is 1. The Kier molecular flexibility index (Phi) is 5.74. The highest BCUT2D eigenvalue weighted by molar-refractivity contribution is 5.92. The van der Waals surface area contributed by atoms with Gasteiger partial charge in [-0.15, -0.1) is 0 Å². The van der Waals surface area contributed by atoms with E-state index in [4.69, 9.17) is 9.84 Å². The van der Waals surface area contributed by atoms with Crippen LogP contribution in [-0.2, 0) is 4.74 Å². The molecule has 0 bridgehead atoms. The molecule has 0 aliphatic rings. The average Bonchev–Trinajstić information content (AvgIpc) is 2.37. The summed E-state index contributed by atoms with van der Waals surface area (Å²) in [6.07, 6.45) is 2.50. The van der Waals surface area contributed by atoms with Gasteiger partial charge in [0.25, 0.3) is 0 Å². The van der Waals surface area contributed by atoms with Crippen LogP contribution in [0.4, 0.5) is 10.5 Å². The van der Waals surface area contributed by atoms with Gasteiger partial charge < -0.3 is 20.5 Å². The number of anilines is 1. The number of aromatic nitrogens is 1. The standard InChI is InChI=1S/C12H17N3O4/c1-3-19-8(2)5-14-12(18)15-10-4-9(11(16)17)6-13-7-10/h4,6-8H,3,5H2,1-2H3,(H,16,17)(H2,14,15,18). The van der Waals surface area contributed by atoms with Gasteiger partial charge in [-0.2, -0.15) is 0 Å². The van der Waals surface area contributed by atoms with Gasteiger partial charge in [-0.25, -0.2) is 9.59 Å². The van der Waals surface area contributed by atoms with Crippen molar-refractivity contribution < 1.29 is 19.4 Å². The normalized spacial score (nSPS) is 11.7. The van der Waals surface area contributed by atoms with Crippen LogP contribution in [0.3, 0.4) is 0 Å². The number of nitrogens with one attached hydrogen (secondary N) is 2. The zero-order chi connectivity index (χ0) is 14.3. The lowest BCUT2D eigenvalue weighted by Crippen LogP contribution is -2.35.